The molecule has 11 atom stereocenters. The van der Waals surface area contributed by atoms with Crippen LogP contribution in [0, 0.1) is 0 Å². The molecule has 2 aliphatic heterocycles. The fourth-order valence-electron chi connectivity index (χ4n) is 5.07. The van der Waals surface area contributed by atoms with Gasteiger partial charge in [0.15, 0.2) is 24.6 Å². The number of carboxylic acid groups (broad SMARTS) is 1. The summed E-state index contributed by atoms with van der Waals surface area (Å²) in [5.41, 5.74) is 0. The Hall–Kier alpha value is -4.40. The smallest absolute Gasteiger partial charge is 0.332 e. The molecule has 2 fully saturated rings. The number of aliphatic carboxylic acids is 1. The first kappa shape index (κ1) is 40.8. The van der Waals surface area contributed by atoms with E-state index in [1.54, 1.807) is 0 Å². The molecule has 4 unspecified atom stereocenters. The number of carboxylic acids is 1. The van der Waals surface area contributed by atoms with Crippen LogP contribution in [-0.4, -0.2) is 133 Å². The molecule has 49 heavy (non-hydrogen) atoms. The summed E-state index contributed by atoms with van der Waals surface area (Å²) in [5, 5.41) is 14.7. The van der Waals surface area contributed by atoms with Gasteiger partial charge in [-0.3, -0.25) is 33.6 Å². The van der Waals surface area contributed by atoms with Gasteiger partial charge in [0.2, 0.25) is 18.1 Å². The van der Waals surface area contributed by atoms with Gasteiger partial charge in [-0.1, -0.05) is 0 Å². The zero-order valence-electron chi connectivity index (χ0n) is 28.2. The van der Waals surface area contributed by atoms with E-state index in [4.69, 9.17) is 42.6 Å². The summed E-state index contributed by atoms with van der Waals surface area (Å²) in [5.74, 6) is -6.98. The Kier molecular flexibility index (Phi) is 15.3. The molecule has 2 saturated heterocycles. The summed E-state index contributed by atoms with van der Waals surface area (Å²) in [6, 6.07) is -2.95. The minimum Gasteiger partial charge on any atom is -0.479 e. The summed E-state index contributed by atoms with van der Waals surface area (Å²) in [4.78, 5) is 96.7. The van der Waals surface area contributed by atoms with E-state index in [0.29, 0.717) is 0 Å². The van der Waals surface area contributed by atoms with Crippen LogP contribution < -0.4 is 10.6 Å². The van der Waals surface area contributed by atoms with Gasteiger partial charge in [-0.05, 0) is 6.92 Å². The third kappa shape index (κ3) is 12.5. The Morgan fingerprint density at radius 3 is 1.45 bits per heavy atom. The third-order valence-electron chi connectivity index (χ3n) is 6.82. The number of hydrogen-bond acceptors (Lipinski definition) is 17. The second kappa shape index (κ2) is 18.4. The maximum atomic E-state index is 12.4. The normalized spacial score (nSPS) is 30.0. The molecule has 0 radical (unpaired) electrons. The maximum Gasteiger partial charge on any atom is 0.332 e. The molecule has 0 aromatic heterocycles. The lowest BCUT2D eigenvalue weighted by Crippen LogP contribution is -2.70. The van der Waals surface area contributed by atoms with Crippen molar-refractivity contribution in [2.45, 2.75) is 123 Å². The quantitative estimate of drug-likeness (QED) is 0.133. The number of esters is 5. The van der Waals surface area contributed by atoms with Crippen LogP contribution in [0.25, 0.3) is 0 Å². The lowest BCUT2D eigenvalue weighted by molar-refractivity contribution is -0.335. The van der Waals surface area contributed by atoms with Crippen LogP contribution in [0.3, 0.4) is 0 Å². The first-order valence-electron chi connectivity index (χ1n) is 15.0. The van der Waals surface area contributed by atoms with Crippen molar-refractivity contribution in [3.63, 3.8) is 0 Å². The van der Waals surface area contributed by atoms with Gasteiger partial charge >= 0.3 is 35.8 Å². The average molecular weight is 707 g/mol. The molecule has 2 amide bonds. The average Bonchev–Trinajstić information content (AvgIpc) is 2.95. The van der Waals surface area contributed by atoms with Gasteiger partial charge < -0.3 is 58.4 Å². The van der Waals surface area contributed by atoms with E-state index < -0.39 is 128 Å². The van der Waals surface area contributed by atoms with Gasteiger partial charge in [-0.25, -0.2) is 4.79 Å². The highest BCUT2D eigenvalue weighted by Gasteiger charge is 2.56. The van der Waals surface area contributed by atoms with Crippen molar-refractivity contribution in [2.75, 3.05) is 13.2 Å². The topological polar surface area (TPSA) is 264 Å². The number of ether oxygens (including phenoxy) is 9. The predicted molar refractivity (Wildman–Crippen MR) is 156 cm³/mol. The van der Waals surface area contributed by atoms with Crippen molar-refractivity contribution in [1.29, 1.82) is 0 Å². The number of carbonyl (C=O) groups is 8. The molecule has 0 saturated carbocycles. The summed E-state index contributed by atoms with van der Waals surface area (Å²) in [6.07, 6.45) is -14.0. The van der Waals surface area contributed by atoms with Crippen molar-refractivity contribution in [2.24, 2.45) is 0 Å². The molecule has 0 aromatic carbocycles. The summed E-state index contributed by atoms with van der Waals surface area (Å²) in [7, 11) is 0. The van der Waals surface area contributed by atoms with E-state index >= 15 is 0 Å². The van der Waals surface area contributed by atoms with Crippen LogP contribution in [0.15, 0.2) is 0 Å². The van der Waals surface area contributed by atoms with Crippen molar-refractivity contribution < 1.29 is 86.1 Å². The molecular formula is C29H42N2O18. The first-order chi connectivity index (χ1) is 22.8. The minimum atomic E-state index is -1.73. The van der Waals surface area contributed by atoms with E-state index in [1.165, 1.54) is 0 Å². The zero-order valence-corrected chi connectivity index (χ0v) is 28.2. The lowest BCUT2D eigenvalue weighted by atomic mass is 9.93. The number of amides is 2. The zero-order chi connectivity index (χ0) is 37.2. The maximum absolute atomic E-state index is 12.4. The second-order valence-electron chi connectivity index (χ2n) is 11.1. The molecule has 3 N–H and O–H groups in total. The van der Waals surface area contributed by atoms with Crippen molar-refractivity contribution in [3.05, 3.63) is 0 Å². The highest BCUT2D eigenvalue weighted by molar-refractivity contribution is 5.74. The van der Waals surface area contributed by atoms with Crippen LogP contribution in [0.4, 0.5) is 0 Å². The standard InChI is InChI=1S/C29H42N2O18/c1-11(27(39)40)43-25-21(30-12(2)32)28(46-18(8)38)47-20(10-42-15(5)35)24(25)49-29-22(31-13(3)33)26(45-17(7)37)23(44-16(6)36)19(48-29)9-41-14(4)34/h11,19-26,28-29H,9-10H2,1-8H3,(H,30,32)(H,31,33)(H,39,40)/t11-,19?,20?,21-,22?,23+,24+,25+,26?,28+,29-/m0/s1. The molecule has 0 aliphatic carbocycles. The Bertz CT molecular complexity index is 1260. The first-order valence-corrected chi connectivity index (χ1v) is 15.0. The molecule has 0 bridgehead atoms. The Morgan fingerprint density at radius 1 is 0.592 bits per heavy atom. The van der Waals surface area contributed by atoms with Crippen LogP contribution in [0.5, 0.6) is 0 Å². The monoisotopic (exact) mass is 706 g/mol. The van der Waals surface area contributed by atoms with Crippen molar-refractivity contribution >= 4 is 47.6 Å². The third-order valence-corrected chi connectivity index (χ3v) is 6.82. The van der Waals surface area contributed by atoms with E-state index in [1.807, 2.05) is 0 Å². The van der Waals surface area contributed by atoms with E-state index in [0.717, 1.165) is 55.4 Å². The van der Waals surface area contributed by atoms with Gasteiger partial charge in [0.05, 0.1) is 0 Å². The van der Waals surface area contributed by atoms with Gasteiger partial charge in [-0.2, -0.15) is 0 Å². The van der Waals surface area contributed by atoms with Crippen LogP contribution in [0.1, 0.15) is 55.4 Å². The molecule has 2 heterocycles. The molecule has 2 rings (SSSR count). The molecular weight excluding hydrogens is 664 g/mol. The van der Waals surface area contributed by atoms with Gasteiger partial charge in [0, 0.05) is 48.5 Å². The summed E-state index contributed by atoms with van der Waals surface area (Å²) >= 11 is 0. The van der Waals surface area contributed by atoms with Gasteiger partial charge in [0.25, 0.3) is 0 Å². The molecule has 20 nitrogen and oxygen atoms in total. The second-order valence-corrected chi connectivity index (χ2v) is 11.1. The largest absolute Gasteiger partial charge is 0.479 e. The van der Waals surface area contributed by atoms with Gasteiger partial charge in [0.1, 0.15) is 49.7 Å². The van der Waals surface area contributed by atoms with Crippen LogP contribution >= 0.6 is 0 Å². The minimum absolute atomic E-state index is 0.575. The molecule has 276 valence electrons. The molecule has 0 spiro atoms. The van der Waals surface area contributed by atoms with Crippen molar-refractivity contribution in [3.8, 4) is 0 Å². The Labute approximate surface area is 280 Å². The Balaban J connectivity index is 2.78. The fraction of sp³-hybridized carbons (Fsp3) is 0.724. The van der Waals surface area contributed by atoms with E-state index in [2.05, 4.69) is 10.6 Å². The molecule has 2 aliphatic rings. The van der Waals surface area contributed by atoms with Crippen LogP contribution in [0.2, 0.25) is 0 Å². The fourth-order valence-corrected chi connectivity index (χ4v) is 5.07. The molecule has 20 heteroatoms. The highest BCUT2D eigenvalue weighted by Crippen LogP contribution is 2.34. The number of carbonyl (C=O) groups excluding carboxylic acids is 7. The predicted octanol–water partition coefficient (Wildman–Crippen LogP) is -1.76. The highest BCUT2D eigenvalue weighted by atomic mass is 16.8. The summed E-state index contributed by atoms with van der Waals surface area (Å²) in [6.45, 7) is 7.50. The van der Waals surface area contributed by atoms with Crippen LogP contribution in [-0.2, 0) is 81.0 Å². The van der Waals surface area contributed by atoms with E-state index in [9.17, 15) is 43.5 Å². The number of rotatable bonds is 14. The van der Waals surface area contributed by atoms with E-state index in [-0.39, 0.29) is 0 Å². The van der Waals surface area contributed by atoms with Gasteiger partial charge in [-0.15, -0.1) is 0 Å². The Morgan fingerprint density at radius 2 is 1.02 bits per heavy atom. The van der Waals surface area contributed by atoms with Crippen molar-refractivity contribution in [1.82, 2.24) is 10.6 Å². The SMILES string of the molecule is CC(=O)NC1C(OC(C)=O)[C@H](OC(C)=O)C(COC(C)=O)O[C@H]1O[C@@H]1C(COC(C)=O)O[C@@H](OC(C)=O)[C@@H](NC(C)=O)[C@H]1O[C@@H](C)C(=O)O. The molecule has 0 aromatic rings. The number of nitrogens with one attached hydrogen (secondary N) is 2. The number of hydrogen-bond donors (Lipinski definition) is 3. The lowest BCUT2D eigenvalue weighted by Gasteiger charge is -2.49. The summed E-state index contributed by atoms with van der Waals surface area (Å²) < 4.78 is 50.5.